The first-order chi connectivity index (χ1) is 12.4. The van der Waals surface area contributed by atoms with Crippen molar-refractivity contribution in [2.24, 2.45) is 0 Å². The number of carbonyl (C=O) groups excluding carboxylic acids is 2. The van der Waals surface area contributed by atoms with Crippen LogP contribution in [0.3, 0.4) is 0 Å². The maximum atomic E-state index is 12.5. The molecule has 8 heteroatoms. The molecular weight excluding hydrogens is 356 g/mol. The van der Waals surface area contributed by atoms with Crippen molar-refractivity contribution in [2.45, 2.75) is 6.92 Å². The lowest BCUT2D eigenvalue weighted by atomic mass is 10.1. The zero-order valence-corrected chi connectivity index (χ0v) is 15.0. The highest BCUT2D eigenvalue weighted by Crippen LogP contribution is 2.32. The molecule has 3 rings (SSSR count). The van der Waals surface area contributed by atoms with Crippen molar-refractivity contribution in [3.8, 4) is 0 Å². The summed E-state index contributed by atoms with van der Waals surface area (Å²) in [5, 5.41) is 3.47. The maximum Gasteiger partial charge on any atom is 0.294 e. The third-order valence-electron chi connectivity index (χ3n) is 3.98. The molecule has 3 N–H and O–H groups in total. The monoisotopic (exact) mass is 372 g/mol. The van der Waals surface area contributed by atoms with Crippen molar-refractivity contribution in [3.05, 3.63) is 52.9 Å². The third kappa shape index (κ3) is 3.21. The number of fused-ring (bicyclic) bond motifs is 1. The number of amides is 2. The predicted octanol–water partition coefficient (Wildman–Crippen LogP) is 3.41. The molecule has 0 fully saturated rings. The summed E-state index contributed by atoms with van der Waals surface area (Å²) in [5.74, 6) is -0.523. The number of hydrogen-bond acceptors (Lipinski definition) is 5. The van der Waals surface area contributed by atoms with E-state index in [1.54, 1.807) is 42.3 Å². The molecule has 0 aliphatic heterocycles. The van der Waals surface area contributed by atoms with Gasteiger partial charge in [0.25, 0.3) is 11.8 Å². The highest BCUT2D eigenvalue weighted by atomic mass is 35.5. The third-order valence-corrected chi connectivity index (χ3v) is 4.20. The summed E-state index contributed by atoms with van der Waals surface area (Å²) in [6.45, 7) is 2.41. The number of carbonyl (C=O) groups is 2. The minimum Gasteiger partial charge on any atom is -0.449 e. The minimum absolute atomic E-state index is 0.0730. The Kier molecular flexibility index (Phi) is 4.81. The Hall–Kier alpha value is -3.06. The van der Waals surface area contributed by atoms with Crippen LogP contribution < -0.4 is 11.1 Å². The molecular formula is C18H17ClN4O3. The van der Waals surface area contributed by atoms with Gasteiger partial charge < -0.3 is 20.4 Å². The molecule has 26 heavy (non-hydrogen) atoms. The molecule has 0 bridgehead atoms. The standard InChI is InChI=1S/C18H17ClN4O3/c1-3-23(2)18(25)11-5-4-6-12-14(11)15(20)16(26-12)17(24)22-13-8-7-10(19)9-21-13/h4-9H,3,20H2,1-2H3,(H,21,22,24). The van der Waals surface area contributed by atoms with Crippen LogP contribution in [-0.4, -0.2) is 35.3 Å². The fraction of sp³-hybridized carbons (Fsp3) is 0.167. The molecule has 2 heterocycles. The quantitative estimate of drug-likeness (QED) is 0.730. The van der Waals surface area contributed by atoms with E-state index in [2.05, 4.69) is 10.3 Å². The van der Waals surface area contributed by atoms with Gasteiger partial charge in [-0.3, -0.25) is 9.59 Å². The number of benzene rings is 1. The van der Waals surface area contributed by atoms with Crippen LogP contribution in [0, 0.1) is 0 Å². The molecule has 134 valence electrons. The van der Waals surface area contributed by atoms with Gasteiger partial charge in [-0.15, -0.1) is 0 Å². The van der Waals surface area contributed by atoms with Crippen LogP contribution in [0.25, 0.3) is 11.0 Å². The maximum absolute atomic E-state index is 12.5. The van der Waals surface area contributed by atoms with Crippen molar-refractivity contribution in [1.82, 2.24) is 9.88 Å². The van der Waals surface area contributed by atoms with Crippen molar-refractivity contribution in [2.75, 3.05) is 24.6 Å². The number of anilines is 2. The summed E-state index contributed by atoms with van der Waals surface area (Å²) < 4.78 is 5.60. The number of hydrogen-bond donors (Lipinski definition) is 2. The molecule has 7 nitrogen and oxygen atoms in total. The highest BCUT2D eigenvalue weighted by Gasteiger charge is 2.24. The fourth-order valence-electron chi connectivity index (χ4n) is 2.49. The van der Waals surface area contributed by atoms with Gasteiger partial charge >= 0.3 is 0 Å². The van der Waals surface area contributed by atoms with Gasteiger partial charge in [-0.1, -0.05) is 17.7 Å². The largest absolute Gasteiger partial charge is 0.449 e. The Morgan fingerprint density at radius 1 is 1.31 bits per heavy atom. The minimum atomic E-state index is -0.559. The van der Waals surface area contributed by atoms with Gasteiger partial charge in [-0.25, -0.2) is 4.98 Å². The van der Waals surface area contributed by atoms with Gasteiger partial charge in [0.1, 0.15) is 11.4 Å². The molecule has 0 aliphatic carbocycles. The van der Waals surface area contributed by atoms with Gasteiger partial charge in [0.15, 0.2) is 0 Å². The Labute approximate surface area is 154 Å². The smallest absolute Gasteiger partial charge is 0.294 e. The average molecular weight is 373 g/mol. The average Bonchev–Trinajstić information content (AvgIpc) is 2.99. The highest BCUT2D eigenvalue weighted by molar-refractivity contribution is 6.30. The van der Waals surface area contributed by atoms with Crippen LogP contribution in [0.15, 0.2) is 40.9 Å². The molecule has 1 aromatic carbocycles. The molecule has 2 aromatic heterocycles. The summed E-state index contributed by atoms with van der Waals surface area (Å²) in [4.78, 5) is 30.6. The number of halogens is 1. The number of pyridine rings is 1. The SMILES string of the molecule is CCN(C)C(=O)c1cccc2oc(C(=O)Nc3ccc(Cl)cn3)c(N)c12. The molecule has 0 radical (unpaired) electrons. The van der Waals surface area contributed by atoms with Crippen molar-refractivity contribution in [1.29, 1.82) is 0 Å². The summed E-state index contributed by atoms with van der Waals surface area (Å²) in [6.07, 6.45) is 1.41. The van der Waals surface area contributed by atoms with E-state index in [4.69, 9.17) is 21.8 Å². The van der Waals surface area contributed by atoms with E-state index in [1.165, 1.54) is 6.20 Å². The van der Waals surface area contributed by atoms with E-state index in [1.807, 2.05) is 6.92 Å². The second-order valence-corrected chi connectivity index (χ2v) is 6.10. The van der Waals surface area contributed by atoms with Crippen molar-refractivity contribution in [3.63, 3.8) is 0 Å². The summed E-state index contributed by atoms with van der Waals surface area (Å²) >= 11 is 5.78. The summed E-state index contributed by atoms with van der Waals surface area (Å²) in [7, 11) is 1.69. The van der Waals surface area contributed by atoms with E-state index in [0.717, 1.165) is 0 Å². The number of furan rings is 1. The van der Waals surface area contributed by atoms with E-state index in [9.17, 15) is 9.59 Å². The van der Waals surface area contributed by atoms with Crippen LogP contribution in [0.5, 0.6) is 0 Å². The number of rotatable bonds is 4. The van der Waals surface area contributed by atoms with Gasteiger partial charge in [0, 0.05) is 19.8 Å². The van der Waals surface area contributed by atoms with Crippen molar-refractivity contribution < 1.29 is 14.0 Å². The van der Waals surface area contributed by atoms with Crippen LogP contribution in [0.1, 0.15) is 27.8 Å². The Balaban J connectivity index is 2.00. The fourth-order valence-corrected chi connectivity index (χ4v) is 2.60. The molecule has 0 aliphatic rings. The number of nitrogens with two attached hydrogens (primary N) is 1. The lowest BCUT2D eigenvalue weighted by molar-refractivity contribution is 0.0804. The number of aromatic nitrogens is 1. The normalized spacial score (nSPS) is 10.7. The Morgan fingerprint density at radius 3 is 2.73 bits per heavy atom. The van der Waals surface area contributed by atoms with Gasteiger partial charge in [-0.2, -0.15) is 0 Å². The number of nitrogens with one attached hydrogen (secondary N) is 1. The topological polar surface area (TPSA) is 101 Å². The lowest BCUT2D eigenvalue weighted by Gasteiger charge is -2.14. The molecule has 3 aromatic rings. The Morgan fingerprint density at radius 2 is 2.08 bits per heavy atom. The second-order valence-electron chi connectivity index (χ2n) is 5.66. The molecule has 0 spiro atoms. The first-order valence-electron chi connectivity index (χ1n) is 7.91. The molecule has 0 saturated carbocycles. The van der Waals surface area contributed by atoms with Gasteiger partial charge in [0.2, 0.25) is 5.76 Å². The number of nitrogens with zero attached hydrogens (tertiary/aromatic N) is 2. The van der Waals surface area contributed by atoms with E-state index < -0.39 is 5.91 Å². The van der Waals surface area contributed by atoms with Crippen LogP contribution in [0.4, 0.5) is 11.5 Å². The first-order valence-corrected chi connectivity index (χ1v) is 8.29. The van der Waals surface area contributed by atoms with E-state index >= 15 is 0 Å². The zero-order chi connectivity index (χ0) is 18.8. The summed E-state index contributed by atoms with van der Waals surface area (Å²) in [5.41, 5.74) is 7.00. The van der Waals surface area contributed by atoms with E-state index in [0.29, 0.717) is 33.9 Å². The second kappa shape index (κ2) is 7.05. The Bertz CT molecular complexity index is 982. The molecule has 2 amide bonds. The first kappa shape index (κ1) is 17.8. The molecule has 0 atom stereocenters. The predicted molar refractivity (Wildman–Crippen MR) is 100 cm³/mol. The van der Waals surface area contributed by atoms with Gasteiger partial charge in [-0.05, 0) is 31.2 Å². The molecule has 0 saturated heterocycles. The molecule has 0 unspecified atom stereocenters. The summed E-state index contributed by atoms with van der Waals surface area (Å²) in [6, 6.07) is 8.16. The van der Waals surface area contributed by atoms with E-state index in [-0.39, 0.29) is 17.4 Å². The lowest BCUT2D eigenvalue weighted by Crippen LogP contribution is -2.26. The van der Waals surface area contributed by atoms with Gasteiger partial charge in [0.05, 0.1) is 21.7 Å². The number of nitrogen functional groups attached to an aromatic ring is 1. The van der Waals surface area contributed by atoms with Crippen LogP contribution >= 0.6 is 11.6 Å². The van der Waals surface area contributed by atoms with Crippen molar-refractivity contribution >= 4 is 45.9 Å². The zero-order valence-electron chi connectivity index (χ0n) is 14.2. The van der Waals surface area contributed by atoms with Crippen LogP contribution in [0.2, 0.25) is 5.02 Å². The van der Waals surface area contributed by atoms with Crippen LogP contribution in [-0.2, 0) is 0 Å².